The monoisotopic (exact) mass is 331 g/mol. The summed E-state index contributed by atoms with van der Waals surface area (Å²) in [5, 5.41) is 2.17. The van der Waals surface area contributed by atoms with Crippen molar-refractivity contribution in [1.82, 2.24) is 4.98 Å². The first kappa shape index (κ1) is 13.4. The van der Waals surface area contributed by atoms with Crippen LogP contribution in [0.5, 0.6) is 0 Å². The van der Waals surface area contributed by atoms with Gasteiger partial charge >= 0.3 is 5.63 Å². The molecule has 0 bridgehead atoms. The molecule has 0 saturated heterocycles. The number of aromatic nitrogens is 1. The molecular weight excluding hydrogens is 325 g/mol. The number of hydrogen-bond donors (Lipinski definition) is 1. The fourth-order valence-corrected chi connectivity index (χ4v) is 3.00. The Morgan fingerprint density at radius 2 is 1.64 bits per heavy atom. The van der Waals surface area contributed by atoms with Gasteiger partial charge < -0.3 is 9.40 Å². The van der Waals surface area contributed by atoms with Crippen molar-refractivity contribution in [2.75, 3.05) is 0 Å². The van der Waals surface area contributed by atoms with Gasteiger partial charge in [-0.05, 0) is 18.2 Å². The molecule has 0 radical (unpaired) electrons. The molecule has 0 aliphatic heterocycles. The lowest BCUT2D eigenvalue weighted by atomic mass is 10.1. The minimum atomic E-state index is -0.580. The van der Waals surface area contributed by atoms with Crippen molar-refractivity contribution in [3.05, 3.63) is 67.2 Å². The average molecular weight is 332 g/mol. The van der Waals surface area contributed by atoms with Crippen molar-refractivity contribution in [2.45, 2.75) is 0 Å². The van der Waals surface area contributed by atoms with E-state index in [4.69, 9.17) is 27.6 Å². The Morgan fingerprint density at radius 1 is 0.909 bits per heavy atom. The van der Waals surface area contributed by atoms with Crippen LogP contribution in [0.1, 0.15) is 0 Å². The van der Waals surface area contributed by atoms with E-state index in [9.17, 15) is 9.59 Å². The third-order valence-corrected chi connectivity index (χ3v) is 4.34. The fourth-order valence-electron chi connectivity index (χ4n) is 2.67. The predicted octanol–water partition coefficient (Wildman–Crippen LogP) is 4.09. The Morgan fingerprint density at radius 3 is 2.45 bits per heavy atom. The van der Waals surface area contributed by atoms with Crippen LogP contribution in [0, 0.1) is 0 Å². The summed E-state index contributed by atoms with van der Waals surface area (Å²) in [7, 11) is 0. The van der Waals surface area contributed by atoms with E-state index < -0.39 is 5.63 Å². The smallest absolute Gasteiger partial charge is 0.345 e. The number of H-pyrrole nitrogens is 1. The molecule has 0 saturated carbocycles. The highest BCUT2D eigenvalue weighted by molar-refractivity contribution is 6.43. The van der Waals surface area contributed by atoms with Crippen molar-refractivity contribution >= 4 is 55.8 Å². The highest BCUT2D eigenvalue weighted by atomic mass is 35.5. The molecule has 22 heavy (non-hydrogen) atoms. The number of halogens is 2. The predicted molar refractivity (Wildman–Crippen MR) is 88.1 cm³/mol. The molecule has 108 valence electrons. The summed E-state index contributed by atoms with van der Waals surface area (Å²) in [6, 6.07) is 9.98. The summed E-state index contributed by atoms with van der Waals surface area (Å²) in [5.74, 6) is 0. The first-order chi connectivity index (χ1) is 10.6. The van der Waals surface area contributed by atoms with Gasteiger partial charge in [0, 0.05) is 10.8 Å². The number of benzene rings is 2. The molecular formula is C16H7Cl2NO3. The molecule has 2 aromatic heterocycles. The lowest BCUT2D eigenvalue weighted by molar-refractivity contribution is 0.570. The van der Waals surface area contributed by atoms with Crippen LogP contribution in [0.2, 0.25) is 10.0 Å². The van der Waals surface area contributed by atoms with Crippen LogP contribution in [0.3, 0.4) is 0 Å². The summed E-state index contributed by atoms with van der Waals surface area (Å²) in [5.41, 5.74) is -0.146. The summed E-state index contributed by atoms with van der Waals surface area (Å²) in [6.07, 6.45) is 0. The molecule has 0 atom stereocenters. The Bertz CT molecular complexity index is 1190. The molecule has 0 aliphatic rings. The van der Waals surface area contributed by atoms with Gasteiger partial charge in [0.25, 0.3) is 5.56 Å². The SMILES string of the molecule is O=c1oc2ccccc2c2c(=O)[nH]c3cc(Cl)c(Cl)cc3c12. The fraction of sp³-hybridized carbons (Fsp3) is 0. The van der Waals surface area contributed by atoms with Crippen LogP contribution in [0.4, 0.5) is 0 Å². The second kappa shape index (κ2) is 4.60. The molecule has 4 nitrogen and oxygen atoms in total. The van der Waals surface area contributed by atoms with Gasteiger partial charge in [0.05, 0.1) is 26.3 Å². The van der Waals surface area contributed by atoms with Crippen LogP contribution in [-0.4, -0.2) is 4.98 Å². The van der Waals surface area contributed by atoms with Gasteiger partial charge in [-0.1, -0.05) is 41.4 Å². The van der Waals surface area contributed by atoms with E-state index in [2.05, 4.69) is 4.98 Å². The van der Waals surface area contributed by atoms with Crippen molar-refractivity contribution in [2.24, 2.45) is 0 Å². The largest absolute Gasteiger partial charge is 0.422 e. The topological polar surface area (TPSA) is 63.1 Å². The van der Waals surface area contributed by atoms with Crippen LogP contribution in [-0.2, 0) is 0 Å². The first-order valence-electron chi connectivity index (χ1n) is 6.43. The first-order valence-corrected chi connectivity index (χ1v) is 7.18. The normalized spacial score (nSPS) is 11.5. The summed E-state index contributed by atoms with van der Waals surface area (Å²) >= 11 is 12.0. The number of pyridine rings is 1. The van der Waals surface area contributed by atoms with E-state index in [0.29, 0.717) is 31.9 Å². The van der Waals surface area contributed by atoms with E-state index in [1.54, 1.807) is 30.3 Å². The zero-order valence-electron chi connectivity index (χ0n) is 10.9. The maximum Gasteiger partial charge on any atom is 0.345 e. The molecule has 0 aliphatic carbocycles. The number of rotatable bonds is 0. The van der Waals surface area contributed by atoms with Crippen molar-refractivity contribution in [3.8, 4) is 0 Å². The lowest BCUT2D eigenvalue weighted by Gasteiger charge is -2.06. The van der Waals surface area contributed by atoms with E-state index in [1.807, 2.05) is 0 Å². The van der Waals surface area contributed by atoms with Crippen LogP contribution in [0.15, 0.2) is 50.4 Å². The van der Waals surface area contributed by atoms with Crippen LogP contribution in [0.25, 0.3) is 32.6 Å². The van der Waals surface area contributed by atoms with E-state index in [1.165, 1.54) is 6.07 Å². The quantitative estimate of drug-likeness (QED) is 0.390. The van der Waals surface area contributed by atoms with Gasteiger partial charge in [-0.25, -0.2) is 4.79 Å². The number of para-hydroxylation sites is 1. The Balaban J connectivity index is 2.42. The molecule has 0 fully saturated rings. The number of hydrogen-bond acceptors (Lipinski definition) is 3. The van der Waals surface area contributed by atoms with E-state index in [-0.39, 0.29) is 16.3 Å². The maximum atomic E-state index is 12.4. The van der Waals surface area contributed by atoms with Crippen molar-refractivity contribution in [3.63, 3.8) is 0 Å². The highest BCUT2D eigenvalue weighted by Crippen LogP contribution is 2.30. The van der Waals surface area contributed by atoms with Gasteiger partial charge in [0.15, 0.2) is 0 Å². The second-order valence-electron chi connectivity index (χ2n) is 4.90. The Kier molecular flexibility index (Phi) is 2.79. The minimum absolute atomic E-state index is 0.205. The molecule has 2 heterocycles. The Hall–Kier alpha value is -2.30. The third-order valence-electron chi connectivity index (χ3n) is 3.62. The Labute approximate surface area is 132 Å². The van der Waals surface area contributed by atoms with Crippen molar-refractivity contribution < 1.29 is 4.42 Å². The minimum Gasteiger partial charge on any atom is -0.422 e. The van der Waals surface area contributed by atoms with Crippen molar-refractivity contribution in [1.29, 1.82) is 0 Å². The standard InChI is InChI=1S/C16H7Cl2NO3/c17-9-5-8-11(6-10(9)18)19-15(20)13-7-3-1-2-4-12(7)22-16(21)14(8)13/h1-6H,(H,19,20). The van der Waals surface area contributed by atoms with Crippen LogP contribution >= 0.6 is 23.2 Å². The van der Waals surface area contributed by atoms with E-state index in [0.717, 1.165) is 0 Å². The van der Waals surface area contributed by atoms with Gasteiger partial charge in [-0.15, -0.1) is 0 Å². The second-order valence-corrected chi connectivity index (χ2v) is 5.72. The van der Waals surface area contributed by atoms with Gasteiger partial charge in [0.1, 0.15) is 5.58 Å². The molecule has 2 aromatic carbocycles. The summed E-state index contributed by atoms with van der Waals surface area (Å²) in [6.45, 7) is 0. The number of nitrogens with one attached hydrogen (secondary N) is 1. The van der Waals surface area contributed by atoms with Gasteiger partial charge in [0.2, 0.25) is 0 Å². The number of aromatic amines is 1. The molecule has 4 aromatic rings. The third kappa shape index (κ3) is 1.78. The molecule has 1 N–H and O–H groups in total. The molecule has 4 rings (SSSR count). The highest BCUT2D eigenvalue weighted by Gasteiger charge is 2.15. The van der Waals surface area contributed by atoms with Gasteiger partial charge in [-0.3, -0.25) is 4.79 Å². The van der Waals surface area contributed by atoms with Crippen LogP contribution < -0.4 is 11.2 Å². The zero-order chi connectivity index (χ0) is 15.4. The number of fused-ring (bicyclic) bond motifs is 5. The van der Waals surface area contributed by atoms with Gasteiger partial charge in [-0.2, -0.15) is 0 Å². The van der Waals surface area contributed by atoms with E-state index >= 15 is 0 Å². The molecule has 0 unspecified atom stereocenters. The molecule has 0 spiro atoms. The molecule has 6 heteroatoms. The molecule has 0 amide bonds. The summed E-state index contributed by atoms with van der Waals surface area (Å²) in [4.78, 5) is 27.5. The average Bonchev–Trinajstić information content (AvgIpc) is 2.49. The lowest BCUT2D eigenvalue weighted by Crippen LogP contribution is -2.12. The maximum absolute atomic E-state index is 12.4. The summed E-state index contributed by atoms with van der Waals surface area (Å²) < 4.78 is 5.32. The zero-order valence-corrected chi connectivity index (χ0v) is 12.5.